The molecular formula is C18H25BrN4O. The van der Waals surface area contributed by atoms with Crippen molar-refractivity contribution in [3.8, 4) is 0 Å². The van der Waals surface area contributed by atoms with Crippen molar-refractivity contribution in [1.29, 1.82) is 0 Å². The van der Waals surface area contributed by atoms with Gasteiger partial charge in [-0.05, 0) is 56.9 Å². The van der Waals surface area contributed by atoms with Crippen LogP contribution in [-0.2, 0) is 0 Å². The van der Waals surface area contributed by atoms with Gasteiger partial charge in [0.1, 0.15) is 5.52 Å². The second kappa shape index (κ2) is 8.12. The van der Waals surface area contributed by atoms with Gasteiger partial charge in [0.15, 0.2) is 0 Å². The van der Waals surface area contributed by atoms with Gasteiger partial charge in [0.05, 0.1) is 17.4 Å². The van der Waals surface area contributed by atoms with Crippen LogP contribution >= 0.6 is 15.9 Å². The van der Waals surface area contributed by atoms with Crippen molar-refractivity contribution in [2.45, 2.75) is 32.6 Å². The van der Waals surface area contributed by atoms with Crippen LogP contribution in [0, 0.1) is 5.92 Å². The van der Waals surface area contributed by atoms with Crippen LogP contribution in [0.4, 0.5) is 0 Å². The molecule has 1 fully saturated rings. The fourth-order valence-electron chi connectivity index (χ4n) is 3.32. The van der Waals surface area contributed by atoms with Crippen molar-refractivity contribution in [3.63, 3.8) is 0 Å². The van der Waals surface area contributed by atoms with E-state index in [0.717, 1.165) is 35.1 Å². The molecule has 24 heavy (non-hydrogen) atoms. The molecule has 3 rings (SSSR count). The Balaban J connectivity index is 1.53. The molecule has 2 N–H and O–H groups in total. The van der Waals surface area contributed by atoms with E-state index in [-0.39, 0.29) is 5.91 Å². The molecule has 0 aliphatic carbocycles. The zero-order chi connectivity index (χ0) is 16.9. The van der Waals surface area contributed by atoms with Crippen LogP contribution in [0.5, 0.6) is 0 Å². The fourth-order valence-corrected chi connectivity index (χ4v) is 3.77. The number of hydrogen-bond donors (Lipinski definition) is 2. The molecule has 6 heteroatoms. The predicted octanol–water partition coefficient (Wildman–Crippen LogP) is 3.57. The van der Waals surface area contributed by atoms with Crippen LogP contribution in [0.1, 0.15) is 43.0 Å². The number of fused-ring (bicyclic) bond motifs is 1. The number of imidazole rings is 1. The topological polar surface area (TPSA) is 61.0 Å². The van der Waals surface area contributed by atoms with Gasteiger partial charge in [-0.1, -0.05) is 29.3 Å². The fraction of sp³-hybridized carbons (Fsp3) is 0.556. The van der Waals surface area contributed by atoms with E-state index in [0.29, 0.717) is 11.5 Å². The number of H-pyrrole nitrogens is 1. The number of nitrogens with one attached hydrogen (secondary N) is 2. The molecule has 0 bridgehead atoms. The Hall–Kier alpha value is -1.40. The Morgan fingerprint density at radius 2 is 2.21 bits per heavy atom. The zero-order valence-corrected chi connectivity index (χ0v) is 15.7. The third kappa shape index (κ3) is 4.16. The van der Waals surface area contributed by atoms with Gasteiger partial charge in [-0.25, -0.2) is 4.98 Å². The number of benzene rings is 1. The van der Waals surface area contributed by atoms with Crippen LogP contribution < -0.4 is 5.32 Å². The summed E-state index contributed by atoms with van der Waals surface area (Å²) in [5.74, 6) is 0.537. The van der Waals surface area contributed by atoms with Gasteiger partial charge >= 0.3 is 0 Å². The number of unbranched alkanes of at least 4 members (excludes halogenated alkanes) is 1. The van der Waals surface area contributed by atoms with Crippen LogP contribution in [-0.4, -0.2) is 47.0 Å². The number of carbonyl (C=O) groups excluding carboxylic acids is 1. The van der Waals surface area contributed by atoms with Gasteiger partial charge in [-0.2, -0.15) is 0 Å². The maximum Gasteiger partial charge on any atom is 0.253 e. The van der Waals surface area contributed by atoms with Gasteiger partial charge in [-0.3, -0.25) is 4.79 Å². The number of likely N-dealkylation sites (tertiary alicyclic amines) is 1. The molecule has 1 aliphatic rings. The van der Waals surface area contributed by atoms with Crippen LogP contribution in [0.15, 0.2) is 22.9 Å². The lowest BCUT2D eigenvalue weighted by molar-refractivity contribution is 0.0937. The molecule has 2 aromatic rings. The highest BCUT2D eigenvalue weighted by Gasteiger charge is 2.20. The van der Waals surface area contributed by atoms with Crippen molar-refractivity contribution in [2.24, 2.45) is 5.92 Å². The Morgan fingerprint density at radius 1 is 1.42 bits per heavy atom. The molecule has 5 nitrogen and oxygen atoms in total. The maximum atomic E-state index is 12.6. The Kier molecular flexibility index (Phi) is 5.89. The van der Waals surface area contributed by atoms with E-state index in [1.807, 2.05) is 12.1 Å². The highest BCUT2D eigenvalue weighted by Crippen LogP contribution is 2.22. The molecule has 1 aromatic heterocycles. The number of aromatic nitrogens is 2. The minimum Gasteiger partial charge on any atom is -0.352 e. The first-order valence-electron chi connectivity index (χ1n) is 8.80. The van der Waals surface area contributed by atoms with Crippen LogP contribution in [0.2, 0.25) is 0 Å². The van der Waals surface area contributed by atoms with Gasteiger partial charge in [0, 0.05) is 11.0 Å². The Labute approximate surface area is 151 Å². The number of carbonyl (C=O) groups is 1. The van der Waals surface area contributed by atoms with Crippen LogP contribution in [0.3, 0.4) is 0 Å². The first kappa shape index (κ1) is 17.4. The highest BCUT2D eigenvalue weighted by atomic mass is 79.9. The lowest BCUT2D eigenvalue weighted by Gasteiger charge is -2.31. The predicted molar refractivity (Wildman–Crippen MR) is 100 cm³/mol. The Morgan fingerprint density at radius 3 is 2.96 bits per heavy atom. The molecule has 1 saturated heterocycles. The van der Waals surface area contributed by atoms with Crippen molar-refractivity contribution in [1.82, 2.24) is 20.2 Å². The lowest BCUT2D eigenvalue weighted by Crippen LogP contribution is -2.39. The molecule has 1 aromatic carbocycles. The molecule has 130 valence electrons. The summed E-state index contributed by atoms with van der Waals surface area (Å²) in [7, 11) is 0. The van der Waals surface area contributed by atoms with Crippen molar-refractivity contribution in [3.05, 3.63) is 28.5 Å². The van der Waals surface area contributed by atoms with Crippen molar-refractivity contribution >= 4 is 32.9 Å². The smallest absolute Gasteiger partial charge is 0.253 e. The molecule has 0 atom stereocenters. The van der Waals surface area contributed by atoms with Gasteiger partial charge < -0.3 is 15.2 Å². The van der Waals surface area contributed by atoms with E-state index < -0.39 is 0 Å². The van der Waals surface area contributed by atoms with E-state index in [4.69, 9.17) is 0 Å². The number of amides is 1. The van der Waals surface area contributed by atoms with Crippen molar-refractivity contribution in [2.75, 3.05) is 26.2 Å². The molecular weight excluding hydrogens is 368 g/mol. The van der Waals surface area contributed by atoms with Gasteiger partial charge in [-0.15, -0.1) is 0 Å². The summed E-state index contributed by atoms with van der Waals surface area (Å²) in [6, 6.07) is 3.77. The molecule has 0 saturated carbocycles. The number of rotatable bonds is 6. The highest BCUT2D eigenvalue weighted by molar-refractivity contribution is 9.10. The van der Waals surface area contributed by atoms with Gasteiger partial charge in [0.25, 0.3) is 5.91 Å². The SMILES string of the molecule is CCCCN1CCC(CNC(=O)c2cc(Br)cc3[nH]cnc23)CC1. The number of nitrogens with zero attached hydrogens (tertiary/aromatic N) is 2. The zero-order valence-electron chi connectivity index (χ0n) is 14.1. The first-order valence-corrected chi connectivity index (χ1v) is 9.60. The normalized spacial score (nSPS) is 16.6. The van der Waals surface area contributed by atoms with E-state index in [9.17, 15) is 4.79 Å². The van der Waals surface area contributed by atoms with Crippen molar-refractivity contribution < 1.29 is 4.79 Å². The standard InChI is InChI=1S/C18H25BrN4O/c1-2-3-6-23-7-4-13(5-8-23)11-20-18(24)15-9-14(19)10-16-17(15)22-12-21-16/h9-10,12-13H,2-8,11H2,1H3,(H,20,24)(H,21,22). The summed E-state index contributed by atoms with van der Waals surface area (Å²) in [5.41, 5.74) is 2.23. The van der Waals surface area contributed by atoms with E-state index in [2.05, 4.69) is 43.0 Å². The molecule has 0 unspecified atom stereocenters. The molecule has 1 aliphatic heterocycles. The number of piperidine rings is 1. The maximum absolute atomic E-state index is 12.6. The molecule has 0 spiro atoms. The second-order valence-corrected chi connectivity index (χ2v) is 7.52. The average Bonchev–Trinajstić information content (AvgIpc) is 3.06. The van der Waals surface area contributed by atoms with E-state index >= 15 is 0 Å². The summed E-state index contributed by atoms with van der Waals surface area (Å²) in [6.45, 7) is 6.51. The first-order chi connectivity index (χ1) is 11.7. The molecule has 0 radical (unpaired) electrons. The largest absolute Gasteiger partial charge is 0.352 e. The van der Waals surface area contributed by atoms with Gasteiger partial charge in [0.2, 0.25) is 0 Å². The van der Waals surface area contributed by atoms with E-state index in [1.54, 1.807) is 6.33 Å². The summed E-state index contributed by atoms with van der Waals surface area (Å²) >= 11 is 3.46. The summed E-state index contributed by atoms with van der Waals surface area (Å²) in [6.07, 6.45) is 6.49. The lowest BCUT2D eigenvalue weighted by atomic mass is 9.96. The minimum absolute atomic E-state index is 0.0400. The Bertz CT molecular complexity index is 691. The third-order valence-electron chi connectivity index (χ3n) is 4.82. The second-order valence-electron chi connectivity index (χ2n) is 6.60. The third-order valence-corrected chi connectivity index (χ3v) is 5.28. The molecule has 1 amide bonds. The molecule has 2 heterocycles. The van der Waals surface area contributed by atoms with Crippen LogP contribution in [0.25, 0.3) is 11.0 Å². The van der Waals surface area contributed by atoms with E-state index in [1.165, 1.54) is 32.2 Å². The minimum atomic E-state index is -0.0400. The number of hydrogen-bond acceptors (Lipinski definition) is 3. The average molecular weight is 393 g/mol. The summed E-state index contributed by atoms with van der Waals surface area (Å²) in [5, 5.41) is 3.10. The quantitative estimate of drug-likeness (QED) is 0.789. The summed E-state index contributed by atoms with van der Waals surface area (Å²) < 4.78 is 0.883. The number of aromatic amines is 1. The monoisotopic (exact) mass is 392 g/mol. The number of halogens is 1. The summed E-state index contributed by atoms with van der Waals surface area (Å²) in [4.78, 5) is 22.4.